The number of pyridine rings is 1. The molecule has 3 heterocycles. The number of carbonyl (C=O) groups is 2. The normalized spacial score (nSPS) is 19.4. The highest BCUT2D eigenvalue weighted by Crippen LogP contribution is 2.29. The van der Waals surface area contributed by atoms with E-state index in [2.05, 4.69) is 9.88 Å². The highest BCUT2D eigenvalue weighted by molar-refractivity contribution is 7.89. The summed E-state index contributed by atoms with van der Waals surface area (Å²) in [6.45, 7) is 2.10. The summed E-state index contributed by atoms with van der Waals surface area (Å²) < 4.78 is 33.7. The third kappa shape index (κ3) is 5.37. The van der Waals surface area contributed by atoms with Gasteiger partial charge in [0.15, 0.2) is 0 Å². The minimum atomic E-state index is -3.89. The van der Waals surface area contributed by atoms with E-state index in [1.165, 1.54) is 11.4 Å². The number of rotatable bonds is 6. The Bertz CT molecular complexity index is 1410. The van der Waals surface area contributed by atoms with E-state index in [1.807, 2.05) is 36.4 Å². The molecule has 2 saturated heterocycles. The number of benzene rings is 2. The Kier molecular flexibility index (Phi) is 7.62. The summed E-state index contributed by atoms with van der Waals surface area (Å²) in [4.78, 5) is 34.0. The lowest BCUT2D eigenvalue weighted by atomic mass is 9.94. The summed E-state index contributed by atoms with van der Waals surface area (Å²) in [6, 6.07) is 15.9. The van der Waals surface area contributed by atoms with E-state index in [9.17, 15) is 18.0 Å². The van der Waals surface area contributed by atoms with Crippen LogP contribution in [0.1, 0.15) is 19.3 Å². The Morgan fingerprint density at radius 3 is 2.37 bits per heavy atom. The number of nitrogens with zero attached hydrogens (tertiary/aromatic N) is 4. The largest absolute Gasteiger partial charge is 0.469 e. The van der Waals surface area contributed by atoms with Crippen LogP contribution in [-0.4, -0.2) is 80.4 Å². The third-order valence-electron chi connectivity index (χ3n) is 7.57. The predicted molar refractivity (Wildman–Crippen MR) is 144 cm³/mol. The molecule has 0 radical (unpaired) electrons. The molecule has 2 aromatic carbocycles. The summed E-state index contributed by atoms with van der Waals surface area (Å²) in [5, 5.41) is 1.77. The maximum absolute atomic E-state index is 13.7. The molecule has 3 aromatic rings. The van der Waals surface area contributed by atoms with Gasteiger partial charge in [-0.05, 0) is 47.9 Å². The van der Waals surface area contributed by atoms with Crippen molar-refractivity contribution in [2.24, 2.45) is 5.92 Å². The molecule has 200 valence electrons. The van der Waals surface area contributed by atoms with Crippen molar-refractivity contribution >= 4 is 38.4 Å². The fourth-order valence-electron chi connectivity index (χ4n) is 5.46. The van der Waals surface area contributed by atoms with Gasteiger partial charge in [0.2, 0.25) is 15.9 Å². The van der Waals surface area contributed by atoms with Crippen LogP contribution in [0.15, 0.2) is 71.9 Å². The van der Waals surface area contributed by atoms with Gasteiger partial charge in [-0.25, -0.2) is 8.42 Å². The Labute approximate surface area is 223 Å². The molecule has 5 rings (SSSR count). The SMILES string of the molecule is COC(=O)CC1CN(C(=O)C2CCN(c3ccncc3)CC2)CCN1S(=O)(=O)c1ccc2ccccc2c1. The van der Waals surface area contributed by atoms with Crippen LogP contribution in [0.5, 0.6) is 0 Å². The van der Waals surface area contributed by atoms with Gasteiger partial charge >= 0.3 is 5.97 Å². The summed E-state index contributed by atoms with van der Waals surface area (Å²) in [7, 11) is -2.61. The number of amides is 1. The quantitative estimate of drug-likeness (QED) is 0.447. The molecule has 10 heteroatoms. The molecule has 1 amide bonds. The minimum absolute atomic E-state index is 0.0250. The standard InChI is InChI=1S/C28H32N4O5S/c1-37-27(33)19-25-20-31(28(34)22-10-14-30(15-11-22)24-8-12-29-13-9-24)16-17-32(25)38(35,36)26-7-6-21-4-2-3-5-23(21)18-26/h2-9,12-13,18,22,25H,10-11,14-17,19-20H2,1H3. The van der Waals surface area contributed by atoms with Crippen molar-refractivity contribution in [1.82, 2.24) is 14.2 Å². The van der Waals surface area contributed by atoms with Gasteiger partial charge in [0.25, 0.3) is 0 Å². The molecular formula is C28H32N4O5S. The zero-order chi connectivity index (χ0) is 26.7. The summed E-state index contributed by atoms with van der Waals surface area (Å²) in [6.07, 6.45) is 4.85. The first-order valence-electron chi connectivity index (χ1n) is 12.9. The zero-order valence-corrected chi connectivity index (χ0v) is 22.2. The van der Waals surface area contributed by atoms with Crippen LogP contribution in [0, 0.1) is 5.92 Å². The number of hydrogen-bond acceptors (Lipinski definition) is 7. The van der Waals surface area contributed by atoms with Gasteiger partial charge in [-0.15, -0.1) is 0 Å². The predicted octanol–water partition coefficient (Wildman–Crippen LogP) is 2.92. The lowest BCUT2D eigenvalue weighted by Gasteiger charge is -2.42. The molecule has 0 spiro atoms. The maximum atomic E-state index is 13.7. The van der Waals surface area contributed by atoms with Crippen LogP contribution in [0.3, 0.4) is 0 Å². The number of piperazine rings is 1. The van der Waals surface area contributed by atoms with Gasteiger partial charge in [-0.1, -0.05) is 30.3 Å². The van der Waals surface area contributed by atoms with Crippen LogP contribution in [0.25, 0.3) is 10.8 Å². The smallest absolute Gasteiger partial charge is 0.307 e. The number of sulfonamides is 1. The maximum Gasteiger partial charge on any atom is 0.307 e. The first-order chi connectivity index (χ1) is 18.4. The first-order valence-corrected chi connectivity index (χ1v) is 14.3. The lowest BCUT2D eigenvalue weighted by molar-refractivity contribution is -0.144. The van der Waals surface area contributed by atoms with Gasteiger partial charge in [-0.3, -0.25) is 14.6 Å². The molecule has 0 bridgehead atoms. The fourth-order valence-corrected chi connectivity index (χ4v) is 7.10. The van der Waals surface area contributed by atoms with Gasteiger partial charge in [0, 0.05) is 56.7 Å². The van der Waals surface area contributed by atoms with Crippen molar-refractivity contribution in [3.63, 3.8) is 0 Å². The van der Waals surface area contributed by atoms with E-state index < -0.39 is 22.0 Å². The molecule has 38 heavy (non-hydrogen) atoms. The average Bonchev–Trinajstić information content (AvgIpc) is 2.96. The molecule has 1 aromatic heterocycles. The van der Waals surface area contributed by atoms with Crippen molar-refractivity contribution in [2.75, 3.05) is 44.7 Å². The summed E-state index contributed by atoms with van der Waals surface area (Å²) in [5.41, 5.74) is 1.09. The molecule has 2 fully saturated rings. The highest BCUT2D eigenvalue weighted by Gasteiger charge is 2.40. The summed E-state index contributed by atoms with van der Waals surface area (Å²) in [5.74, 6) is -0.610. The van der Waals surface area contributed by atoms with Crippen LogP contribution in [-0.2, 0) is 24.3 Å². The molecule has 9 nitrogen and oxygen atoms in total. The number of piperidine rings is 1. The number of hydrogen-bond donors (Lipinski definition) is 0. The van der Waals surface area contributed by atoms with Crippen molar-refractivity contribution in [3.05, 3.63) is 67.0 Å². The van der Waals surface area contributed by atoms with Crippen LogP contribution in [0.4, 0.5) is 5.69 Å². The molecule has 1 atom stereocenters. The molecule has 2 aliphatic rings. The molecule has 1 unspecified atom stereocenters. The van der Waals surface area contributed by atoms with E-state index >= 15 is 0 Å². The number of aromatic nitrogens is 1. The van der Waals surface area contributed by atoms with Gasteiger partial charge < -0.3 is 14.5 Å². The molecular weight excluding hydrogens is 504 g/mol. The van der Waals surface area contributed by atoms with E-state index in [4.69, 9.17) is 4.74 Å². The van der Waals surface area contributed by atoms with Gasteiger partial charge in [0.1, 0.15) is 0 Å². The van der Waals surface area contributed by atoms with Gasteiger partial charge in [0.05, 0.1) is 24.5 Å². The highest BCUT2D eigenvalue weighted by atomic mass is 32.2. The molecule has 0 aliphatic carbocycles. The van der Waals surface area contributed by atoms with Crippen LogP contribution < -0.4 is 4.90 Å². The fraction of sp³-hybridized carbons (Fsp3) is 0.393. The number of fused-ring (bicyclic) bond motifs is 1. The van der Waals surface area contributed by atoms with Crippen molar-refractivity contribution in [3.8, 4) is 0 Å². The number of anilines is 1. The Morgan fingerprint density at radius 1 is 0.947 bits per heavy atom. The lowest BCUT2D eigenvalue weighted by Crippen LogP contribution is -2.58. The second-order valence-corrected chi connectivity index (χ2v) is 11.7. The molecule has 2 aliphatic heterocycles. The summed E-state index contributed by atoms with van der Waals surface area (Å²) >= 11 is 0. The van der Waals surface area contributed by atoms with Crippen LogP contribution in [0.2, 0.25) is 0 Å². The van der Waals surface area contributed by atoms with Gasteiger partial charge in [-0.2, -0.15) is 4.31 Å². The minimum Gasteiger partial charge on any atom is -0.469 e. The topological polar surface area (TPSA) is 100 Å². The monoisotopic (exact) mass is 536 g/mol. The van der Waals surface area contributed by atoms with Crippen molar-refractivity contribution in [1.29, 1.82) is 0 Å². The molecule has 0 saturated carbocycles. The zero-order valence-electron chi connectivity index (χ0n) is 21.4. The Hall–Kier alpha value is -3.50. The van der Waals surface area contributed by atoms with Crippen molar-refractivity contribution < 1.29 is 22.7 Å². The van der Waals surface area contributed by atoms with Crippen LogP contribution >= 0.6 is 0 Å². The molecule has 0 N–H and O–H groups in total. The van der Waals surface area contributed by atoms with E-state index in [1.54, 1.807) is 35.5 Å². The second-order valence-electron chi connectivity index (χ2n) is 9.81. The number of ether oxygens (including phenoxy) is 1. The number of methoxy groups -OCH3 is 1. The first kappa shape index (κ1) is 26.1. The second kappa shape index (κ2) is 11.1. The Balaban J connectivity index is 1.31. The number of esters is 1. The van der Waals surface area contributed by atoms with E-state index in [0.29, 0.717) is 0 Å². The van der Waals surface area contributed by atoms with E-state index in [0.717, 1.165) is 42.4 Å². The van der Waals surface area contributed by atoms with E-state index in [-0.39, 0.29) is 42.8 Å². The third-order valence-corrected chi connectivity index (χ3v) is 9.52. The van der Waals surface area contributed by atoms with Crippen molar-refractivity contribution in [2.45, 2.75) is 30.2 Å². The number of carbonyl (C=O) groups excluding carboxylic acids is 2. The average molecular weight is 537 g/mol. The Morgan fingerprint density at radius 2 is 1.66 bits per heavy atom.